The van der Waals surface area contributed by atoms with Crippen molar-refractivity contribution in [3.05, 3.63) is 84.6 Å². The summed E-state index contributed by atoms with van der Waals surface area (Å²) in [6.07, 6.45) is 1.18. The largest absolute Gasteiger partial charge is 0.504 e. The van der Waals surface area contributed by atoms with Crippen molar-refractivity contribution in [1.82, 2.24) is 20.2 Å². The number of rotatable bonds is 13. The van der Waals surface area contributed by atoms with Gasteiger partial charge in [0.15, 0.2) is 5.75 Å². The van der Waals surface area contributed by atoms with Crippen LogP contribution in [0.25, 0.3) is 10.9 Å². The van der Waals surface area contributed by atoms with Crippen LogP contribution in [0.5, 0.6) is 5.75 Å². The number of carboxylic acids is 1. The molecular weight excluding hydrogens is 568 g/mol. The number of H-pyrrole nitrogens is 1. The molecule has 3 atom stereocenters. The molecule has 0 spiro atoms. The third-order valence-corrected chi connectivity index (χ3v) is 7.25. The van der Waals surface area contributed by atoms with Gasteiger partial charge in [-0.15, -0.1) is 0 Å². The zero-order chi connectivity index (χ0) is 30.9. The molecular formula is C31H34N6O7. The second-order valence-electron chi connectivity index (χ2n) is 10.3. The first-order chi connectivity index (χ1) is 21.4. The third-order valence-electron chi connectivity index (χ3n) is 7.25. The summed E-state index contributed by atoms with van der Waals surface area (Å²) < 4.78 is 11.4. The van der Waals surface area contributed by atoms with Gasteiger partial charge in [-0.3, -0.25) is 4.79 Å². The van der Waals surface area contributed by atoms with Gasteiger partial charge in [0.2, 0.25) is 5.91 Å². The van der Waals surface area contributed by atoms with Crippen LogP contribution in [0.3, 0.4) is 0 Å². The number of hydrogen-bond acceptors (Lipinski definition) is 9. The van der Waals surface area contributed by atoms with Crippen molar-refractivity contribution in [2.24, 2.45) is 0 Å². The van der Waals surface area contributed by atoms with Crippen LogP contribution in [0, 0.1) is 0 Å². The summed E-state index contributed by atoms with van der Waals surface area (Å²) in [7, 11) is 0. The number of carboxylic acid groups (broad SMARTS) is 1. The summed E-state index contributed by atoms with van der Waals surface area (Å²) in [6.45, 7) is 0.150. The van der Waals surface area contributed by atoms with E-state index in [1.165, 1.54) is 0 Å². The molecule has 4 aromatic rings. The van der Waals surface area contributed by atoms with Crippen LogP contribution in [0.2, 0.25) is 0 Å². The maximum Gasteiger partial charge on any atom is 0.410 e. The number of benzene rings is 2. The van der Waals surface area contributed by atoms with E-state index in [9.17, 15) is 24.6 Å². The molecule has 2 aromatic carbocycles. The highest BCUT2D eigenvalue weighted by Gasteiger charge is 2.37. The van der Waals surface area contributed by atoms with E-state index >= 15 is 0 Å². The third kappa shape index (κ3) is 7.75. The summed E-state index contributed by atoms with van der Waals surface area (Å²) in [4.78, 5) is 46.3. The van der Waals surface area contributed by atoms with Crippen LogP contribution < -0.4 is 16.0 Å². The number of aromatic hydroxyl groups is 1. The predicted octanol–water partition coefficient (Wildman–Crippen LogP) is 3.16. The molecule has 1 saturated heterocycles. The summed E-state index contributed by atoms with van der Waals surface area (Å²) >= 11 is 0. The van der Waals surface area contributed by atoms with Gasteiger partial charge in [-0.2, -0.15) is 0 Å². The fraction of sp³-hybridized carbons (Fsp3) is 0.290. The minimum Gasteiger partial charge on any atom is -0.504 e. The number of pyridine rings is 1. The second kappa shape index (κ2) is 14.2. The Morgan fingerprint density at radius 2 is 1.82 bits per heavy atom. The van der Waals surface area contributed by atoms with E-state index in [1.807, 2.05) is 48.5 Å². The number of carbonyl (C=O) groups is 3. The average Bonchev–Trinajstić information content (AvgIpc) is 3.61. The lowest BCUT2D eigenvalue weighted by Gasteiger charge is -2.24. The summed E-state index contributed by atoms with van der Waals surface area (Å²) in [6, 6.07) is 20.3. The maximum absolute atomic E-state index is 13.0. The lowest BCUT2D eigenvalue weighted by Crippen LogP contribution is -2.43. The molecule has 3 heterocycles. The molecule has 2 unspecified atom stereocenters. The van der Waals surface area contributed by atoms with Crippen molar-refractivity contribution in [2.45, 2.75) is 31.2 Å². The highest BCUT2D eigenvalue weighted by Crippen LogP contribution is 2.32. The molecule has 6 N–H and O–H groups in total. The van der Waals surface area contributed by atoms with Crippen molar-refractivity contribution >= 4 is 40.5 Å². The van der Waals surface area contributed by atoms with Gasteiger partial charge in [0.05, 0.1) is 24.2 Å². The van der Waals surface area contributed by atoms with Crippen LogP contribution in [-0.2, 0) is 25.7 Å². The van der Waals surface area contributed by atoms with Gasteiger partial charge in [-0.05, 0) is 36.2 Å². The number of aromatic amines is 1. The summed E-state index contributed by atoms with van der Waals surface area (Å²) in [5.41, 5.74) is 1.50. The van der Waals surface area contributed by atoms with Gasteiger partial charge in [-0.1, -0.05) is 48.5 Å². The van der Waals surface area contributed by atoms with Crippen molar-refractivity contribution in [3.63, 3.8) is 0 Å². The molecule has 1 aliphatic heterocycles. The molecule has 2 aromatic heterocycles. The maximum atomic E-state index is 13.0. The predicted molar refractivity (Wildman–Crippen MR) is 162 cm³/mol. The van der Waals surface area contributed by atoms with Gasteiger partial charge in [-0.25, -0.2) is 14.6 Å². The van der Waals surface area contributed by atoms with Crippen LogP contribution in [0.15, 0.2) is 79.0 Å². The topological polar surface area (TPSA) is 178 Å². The number of nitrogens with zero attached hydrogens (tertiary/aromatic N) is 2. The van der Waals surface area contributed by atoms with E-state index in [1.54, 1.807) is 35.4 Å². The van der Waals surface area contributed by atoms with Crippen LogP contribution in [0.1, 0.15) is 12.0 Å². The van der Waals surface area contributed by atoms with Crippen molar-refractivity contribution in [2.75, 3.05) is 36.9 Å². The number of fused-ring (bicyclic) bond motifs is 1. The van der Waals surface area contributed by atoms with E-state index in [4.69, 9.17) is 9.47 Å². The van der Waals surface area contributed by atoms with Crippen LogP contribution >= 0.6 is 0 Å². The SMILES string of the molecule is O=C(COC1CC(CNc2ccccn2)N(C(=O)OCc2ccccc2)C1)NC[C@H](Nc1[nH]c2ccccc2c1O)C(=O)O. The highest BCUT2D eigenvalue weighted by molar-refractivity contribution is 5.93. The summed E-state index contributed by atoms with van der Waals surface area (Å²) in [5, 5.41) is 29.2. The van der Waals surface area contributed by atoms with E-state index in [0.29, 0.717) is 29.7 Å². The molecule has 0 bridgehead atoms. The van der Waals surface area contributed by atoms with Crippen LogP contribution in [0.4, 0.5) is 16.4 Å². The van der Waals surface area contributed by atoms with E-state index in [0.717, 1.165) is 5.56 Å². The van der Waals surface area contributed by atoms with E-state index in [-0.39, 0.29) is 43.9 Å². The number of likely N-dealkylation sites (tertiary alicyclic amines) is 1. The van der Waals surface area contributed by atoms with Crippen molar-refractivity contribution in [3.8, 4) is 5.75 Å². The first-order valence-electron chi connectivity index (χ1n) is 14.2. The van der Waals surface area contributed by atoms with Gasteiger partial charge >= 0.3 is 12.1 Å². The van der Waals surface area contributed by atoms with Gasteiger partial charge in [0, 0.05) is 24.7 Å². The zero-order valence-corrected chi connectivity index (χ0v) is 23.8. The molecule has 44 heavy (non-hydrogen) atoms. The molecule has 230 valence electrons. The first kappa shape index (κ1) is 30.2. The fourth-order valence-electron chi connectivity index (χ4n) is 4.97. The molecule has 13 nitrogen and oxygen atoms in total. The number of para-hydroxylation sites is 1. The van der Waals surface area contributed by atoms with Crippen molar-refractivity contribution in [1.29, 1.82) is 0 Å². The normalized spacial score (nSPS) is 16.8. The number of nitrogens with one attached hydrogen (secondary N) is 4. The Hall–Kier alpha value is -5.30. The highest BCUT2D eigenvalue weighted by atomic mass is 16.6. The minimum atomic E-state index is -1.22. The summed E-state index contributed by atoms with van der Waals surface area (Å²) in [5.74, 6) is -1.04. The molecule has 13 heteroatoms. The van der Waals surface area contributed by atoms with Crippen LogP contribution in [-0.4, -0.2) is 87.5 Å². The van der Waals surface area contributed by atoms with E-state index in [2.05, 4.69) is 25.9 Å². The lowest BCUT2D eigenvalue weighted by atomic mass is 10.2. The Balaban J connectivity index is 1.14. The molecule has 5 rings (SSSR count). The second-order valence-corrected chi connectivity index (χ2v) is 10.3. The number of carbonyl (C=O) groups excluding carboxylic acids is 2. The number of aliphatic carboxylic acids is 1. The van der Waals surface area contributed by atoms with Gasteiger partial charge < -0.3 is 45.5 Å². The molecule has 2 amide bonds. The Labute approximate surface area is 253 Å². The van der Waals surface area contributed by atoms with Gasteiger partial charge in [0.1, 0.15) is 30.9 Å². The Morgan fingerprint density at radius 3 is 2.57 bits per heavy atom. The first-order valence-corrected chi connectivity index (χ1v) is 14.2. The minimum absolute atomic E-state index is 0.110. The monoisotopic (exact) mass is 602 g/mol. The Kier molecular flexibility index (Phi) is 9.77. The molecule has 0 aliphatic carbocycles. The Morgan fingerprint density at radius 1 is 1.05 bits per heavy atom. The molecule has 1 aliphatic rings. The molecule has 0 saturated carbocycles. The molecule has 1 fully saturated rings. The number of hydrogen-bond donors (Lipinski definition) is 6. The number of anilines is 2. The number of aromatic nitrogens is 2. The quantitative estimate of drug-likeness (QED) is 0.133. The lowest BCUT2D eigenvalue weighted by molar-refractivity contribution is -0.138. The van der Waals surface area contributed by atoms with Gasteiger partial charge in [0.25, 0.3) is 0 Å². The number of ether oxygens (including phenoxy) is 2. The standard InChI is InChI=1S/C31H34N6O7/c38-27(34-16-25(30(40)41)36-29-28(39)23-10-4-5-11-24(23)35-29)19-43-22-14-21(15-33-26-12-6-7-13-32-26)37(17-22)31(42)44-18-20-8-2-1-3-9-20/h1-13,21-22,25,35-36,39H,14-19H2,(H,32,33)(H,34,38)(H,40,41)/t21?,22?,25-/m0/s1. The smallest absolute Gasteiger partial charge is 0.410 e. The zero-order valence-electron chi connectivity index (χ0n) is 23.8. The van der Waals surface area contributed by atoms with E-state index < -0.39 is 30.1 Å². The number of amides is 2. The Bertz CT molecular complexity index is 1570. The van der Waals surface area contributed by atoms with Crippen molar-refractivity contribution < 1.29 is 34.1 Å². The molecule has 0 radical (unpaired) electrons. The average molecular weight is 603 g/mol. The fourth-order valence-corrected chi connectivity index (χ4v) is 4.97.